The van der Waals surface area contributed by atoms with E-state index in [4.69, 9.17) is 0 Å². The molecule has 1 fully saturated rings. The molecule has 0 saturated carbocycles. The van der Waals surface area contributed by atoms with E-state index in [9.17, 15) is 14.4 Å². The van der Waals surface area contributed by atoms with Crippen molar-refractivity contribution in [1.82, 2.24) is 0 Å². The van der Waals surface area contributed by atoms with Crippen molar-refractivity contribution in [1.29, 1.82) is 0 Å². The van der Waals surface area contributed by atoms with Crippen molar-refractivity contribution in [2.75, 3.05) is 4.90 Å². The topological polar surface area (TPSA) is 54.5 Å². The van der Waals surface area contributed by atoms with Crippen LogP contribution in [-0.2, 0) is 0 Å². The smallest absolute Gasteiger partial charge is 0.185 e. The standard InChI is InChI=1S/C34H24FNO3/c1-20-14-16-22(17-15-20)31(37)30-29(25-11-5-6-12-26(25)35)34(32(38)23-9-3-4-10-24(23)33(34)39)28-19-18-21-8-2-7-13-27(21)36(28)30/h2-19,28-30H,1H3. The number of carbonyl (C=O) groups is 3. The van der Waals surface area contributed by atoms with Gasteiger partial charge in [0.05, 0.1) is 6.04 Å². The third-order valence-corrected chi connectivity index (χ3v) is 8.56. The first-order chi connectivity index (χ1) is 18.9. The predicted molar refractivity (Wildman–Crippen MR) is 148 cm³/mol. The molecule has 7 rings (SSSR count). The summed E-state index contributed by atoms with van der Waals surface area (Å²) >= 11 is 0. The molecule has 2 heterocycles. The van der Waals surface area contributed by atoms with Gasteiger partial charge in [-0.05, 0) is 30.2 Å². The Kier molecular flexibility index (Phi) is 5.08. The molecule has 5 heteroatoms. The Morgan fingerprint density at radius 2 is 1.41 bits per heavy atom. The van der Waals surface area contributed by atoms with Crippen LogP contribution in [0, 0.1) is 18.2 Å². The Morgan fingerprint density at radius 1 is 0.795 bits per heavy atom. The number of para-hydroxylation sites is 1. The second kappa shape index (κ2) is 8.43. The summed E-state index contributed by atoms with van der Waals surface area (Å²) in [4.78, 5) is 45.5. The molecule has 1 spiro atoms. The lowest BCUT2D eigenvalue weighted by molar-refractivity contribution is 0.0664. The quantitative estimate of drug-likeness (QED) is 0.233. The molecular weight excluding hydrogens is 489 g/mol. The van der Waals surface area contributed by atoms with Crippen LogP contribution in [0.2, 0.25) is 0 Å². The highest BCUT2D eigenvalue weighted by atomic mass is 19.1. The molecule has 2 aliphatic heterocycles. The van der Waals surface area contributed by atoms with Gasteiger partial charge in [-0.15, -0.1) is 0 Å². The second-order valence-corrected chi connectivity index (χ2v) is 10.5. The van der Waals surface area contributed by atoms with Crippen molar-refractivity contribution in [3.8, 4) is 0 Å². The summed E-state index contributed by atoms with van der Waals surface area (Å²) in [6, 6.07) is 26.1. The van der Waals surface area contributed by atoms with Crippen molar-refractivity contribution < 1.29 is 18.8 Å². The first-order valence-electron chi connectivity index (χ1n) is 13.0. The van der Waals surface area contributed by atoms with Gasteiger partial charge in [-0.1, -0.05) is 103 Å². The van der Waals surface area contributed by atoms with Crippen LogP contribution in [0.4, 0.5) is 10.1 Å². The molecule has 4 aromatic carbocycles. The van der Waals surface area contributed by atoms with E-state index in [0.717, 1.165) is 16.8 Å². The molecule has 3 unspecified atom stereocenters. The third-order valence-electron chi connectivity index (χ3n) is 8.56. The summed E-state index contributed by atoms with van der Waals surface area (Å²) < 4.78 is 15.8. The van der Waals surface area contributed by atoms with Gasteiger partial charge in [0.15, 0.2) is 17.3 Å². The molecule has 1 saturated heterocycles. The molecule has 3 atom stereocenters. The molecule has 0 N–H and O–H groups in total. The van der Waals surface area contributed by atoms with Crippen LogP contribution in [0.3, 0.4) is 0 Å². The molecule has 0 bridgehead atoms. The van der Waals surface area contributed by atoms with Crippen molar-refractivity contribution in [2.45, 2.75) is 24.9 Å². The maximum absolute atomic E-state index is 15.8. The fraction of sp³-hybridized carbons (Fsp3) is 0.147. The van der Waals surface area contributed by atoms with E-state index in [1.54, 1.807) is 54.6 Å². The minimum absolute atomic E-state index is 0.192. The van der Waals surface area contributed by atoms with E-state index >= 15 is 4.39 Å². The van der Waals surface area contributed by atoms with E-state index in [1.807, 2.05) is 60.4 Å². The molecule has 4 aromatic rings. The summed E-state index contributed by atoms with van der Waals surface area (Å²) in [6.07, 6.45) is 3.75. The highest BCUT2D eigenvalue weighted by Gasteiger charge is 2.71. The Hall–Kier alpha value is -4.64. The number of nitrogens with zero attached hydrogens (tertiary/aromatic N) is 1. The van der Waals surface area contributed by atoms with Crippen LogP contribution in [0.25, 0.3) is 6.08 Å². The Labute approximate surface area is 225 Å². The fourth-order valence-electron chi connectivity index (χ4n) is 6.88. The number of Topliss-reactive ketones (excluding diaryl/α,β-unsaturated/α-hetero) is 3. The number of fused-ring (bicyclic) bond motifs is 5. The maximum atomic E-state index is 15.8. The zero-order valence-corrected chi connectivity index (χ0v) is 21.2. The molecule has 0 aromatic heterocycles. The van der Waals surface area contributed by atoms with Gasteiger partial charge in [0.2, 0.25) is 0 Å². The van der Waals surface area contributed by atoms with Crippen molar-refractivity contribution in [3.63, 3.8) is 0 Å². The lowest BCUT2D eigenvalue weighted by atomic mass is 9.64. The first-order valence-corrected chi connectivity index (χ1v) is 13.0. The number of ketones is 3. The predicted octanol–water partition coefficient (Wildman–Crippen LogP) is 6.45. The summed E-state index contributed by atoms with van der Waals surface area (Å²) in [5, 5.41) is 0. The number of hydrogen-bond acceptors (Lipinski definition) is 4. The minimum atomic E-state index is -1.71. The van der Waals surface area contributed by atoms with Crippen molar-refractivity contribution in [3.05, 3.63) is 142 Å². The lowest BCUT2D eigenvalue weighted by Gasteiger charge is -2.37. The fourth-order valence-corrected chi connectivity index (χ4v) is 6.88. The number of halogens is 1. The van der Waals surface area contributed by atoms with Gasteiger partial charge in [0.25, 0.3) is 0 Å². The molecule has 0 radical (unpaired) electrons. The number of aryl methyl sites for hydroxylation is 1. The third kappa shape index (κ3) is 3.07. The number of anilines is 1. The van der Waals surface area contributed by atoms with Crippen molar-refractivity contribution in [2.24, 2.45) is 5.41 Å². The number of benzene rings is 4. The van der Waals surface area contributed by atoms with Gasteiger partial charge < -0.3 is 4.90 Å². The average molecular weight is 514 g/mol. The lowest BCUT2D eigenvalue weighted by Crippen LogP contribution is -2.48. The van der Waals surface area contributed by atoms with E-state index < -0.39 is 29.2 Å². The van der Waals surface area contributed by atoms with Gasteiger partial charge >= 0.3 is 0 Å². The molecule has 3 aliphatic rings. The molecule has 190 valence electrons. The number of rotatable bonds is 3. The molecule has 0 amide bonds. The molecule has 4 nitrogen and oxygen atoms in total. The summed E-state index contributed by atoms with van der Waals surface area (Å²) in [5.74, 6) is -2.59. The second-order valence-electron chi connectivity index (χ2n) is 10.5. The number of hydrogen-bond donors (Lipinski definition) is 0. The SMILES string of the molecule is Cc1ccc(C(=O)C2C(c3ccccc3F)C3(C(=O)c4ccccc4C3=O)C3C=Cc4ccccc4N23)cc1. The van der Waals surface area contributed by atoms with Gasteiger partial charge in [0.1, 0.15) is 17.3 Å². The monoisotopic (exact) mass is 513 g/mol. The van der Waals surface area contributed by atoms with E-state index in [-0.39, 0.29) is 22.9 Å². The maximum Gasteiger partial charge on any atom is 0.185 e. The number of carbonyl (C=O) groups excluding carboxylic acids is 3. The van der Waals surface area contributed by atoms with E-state index in [0.29, 0.717) is 16.7 Å². The van der Waals surface area contributed by atoms with Crippen LogP contribution in [0.5, 0.6) is 0 Å². The summed E-state index contributed by atoms with van der Waals surface area (Å²) in [6.45, 7) is 1.94. The van der Waals surface area contributed by atoms with Gasteiger partial charge in [-0.3, -0.25) is 14.4 Å². The van der Waals surface area contributed by atoms with Gasteiger partial charge in [-0.2, -0.15) is 0 Å². The molecule has 1 aliphatic carbocycles. The Balaban J connectivity index is 1.56. The highest BCUT2D eigenvalue weighted by molar-refractivity contribution is 6.32. The van der Waals surface area contributed by atoms with E-state index in [1.165, 1.54) is 6.07 Å². The Morgan fingerprint density at radius 3 is 2.10 bits per heavy atom. The van der Waals surface area contributed by atoms with Crippen LogP contribution in [0.15, 0.2) is 103 Å². The normalized spacial score (nSPS) is 22.1. The van der Waals surface area contributed by atoms with Crippen LogP contribution in [-0.4, -0.2) is 29.4 Å². The van der Waals surface area contributed by atoms with Crippen LogP contribution < -0.4 is 4.90 Å². The molecular formula is C34H24FNO3. The average Bonchev–Trinajstić information content (AvgIpc) is 3.39. The molecule has 39 heavy (non-hydrogen) atoms. The van der Waals surface area contributed by atoms with Gasteiger partial charge in [-0.25, -0.2) is 4.39 Å². The largest absolute Gasteiger partial charge is 0.352 e. The van der Waals surface area contributed by atoms with Crippen LogP contribution in [0.1, 0.15) is 53.7 Å². The van der Waals surface area contributed by atoms with Crippen molar-refractivity contribution >= 4 is 29.1 Å². The van der Waals surface area contributed by atoms with Gasteiger partial charge in [0, 0.05) is 28.3 Å². The zero-order chi connectivity index (χ0) is 26.9. The summed E-state index contributed by atoms with van der Waals surface area (Å²) in [5.41, 5.74) is 2.18. The zero-order valence-electron chi connectivity index (χ0n) is 21.2. The van der Waals surface area contributed by atoms with E-state index in [2.05, 4.69) is 0 Å². The minimum Gasteiger partial charge on any atom is -0.352 e. The Bertz CT molecular complexity index is 1690. The highest BCUT2D eigenvalue weighted by Crippen LogP contribution is 2.61. The van der Waals surface area contributed by atoms with Crippen LogP contribution >= 0.6 is 0 Å². The summed E-state index contributed by atoms with van der Waals surface area (Å²) in [7, 11) is 0. The first kappa shape index (κ1) is 23.5.